The number of nitrogens with one attached hydrogen (secondary N) is 1. The van der Waals surface area contributed by atoms with Crippen molar-refractivity contribution in [3.8, 4) is 17.2 Å². The Morgan fingerprint density at radius 3 is 2.27 bits per heavy atom. The number of carbonyl (C=O) groups is 1. The minimum Gasteiger partial charge on any atom is -0.502 e. The monoisotopic (exact) mass is 412 g/mol. The summed E-state index contributed by atoms with van der Waals surface area (Å²) in [5.74, 6) is 0.305. The van der Waals surface area contributed by atoms with E-state index in [1.54, 1.807) is 12.1 Å². The summed E-state index contributed by atoms with van der Waals surface area (Å²) in [6.45, 7) is 4.78. The first-order valence-electron chi connectivity index (χ1n) is 9.84. The fourth-order valence-corrected chi connectivity index (χ4v) is 3.35. The highest BCUT2D eigenvalue weighted by atomic mass is 16.5. The maximum Gasteiger partial charge on any atom is 0.254 e. The van der Waals surface area contributed by atoms with Gasteiger partial charge in [0.25, 0.3) is 5.91 Å². The lowest BCUT2D eigenvalue weighted by molar-refractivity contribution is -0.122. The molecule has 3 rings (SSSR count). The first kappa shape index (κ1) is 21.6. The van der Waals surface area contributed by atoms with Gasteiger partial charge in [-0.3, -0.25) is 14.6 Å². The van der Waals surface area contributed by atoms with E-state index in [0.29, 0.717) is 12.1 Å². The lowest BCUT2D eigenvalue weighted by Gasteiger charge is -2.34. The molecule has 0 spiro atoms. The lowest BCUT2D eigenvalue weighted by Crippen LogP contribution is -2.48. The minimum absolute atomic E-state index is 0.0763. The Balaban J connectivity index is 1.44. The van der Waals surface area contributed by atoms with Crippen LogP contribution in [-0.4, -0.2) is 74.0 Å². The number of phenolic OH excluding ortho intramolecular Hbond substituents is 1. The first-order chi connectivity index (χ1) is 14.6. The molecular weight excluding hydrogens is 384 g/mol. The Labute approximate surface area is 176 Å². The average molecular weight is 412 g/mol. The van der Waals surface area contributed by atoms with Crippen molar-refractivity contribution >= 4 is 12.1 Å². The Morgan fingerprint density at radius 1 is 1.07 bits per heavy atom. The molecule has 0 atom stereocenters. The predicted octanol–water partition coefficient (Wildman–Crippen LogP) is 1.68. The van der Waals surface area contributed by atoms with Crippen molar-refractivity contribution < 1.29 is 19.4 Å². The van der Waals surface area contributed by atoms with Crippen molar-refractivity contribution in [1.82, 2.24) is 15.2 Å². The van der Waals surface area contributed by atoms with E-state index in [1.165, 1.54) is 26.0 Å². The summed E-state index contributed by atoms with van der Waals surface area (Å²) in [4.78, 5) is 16.7. The molecule has 0 radical (unpaired) electrons. The van der Waals surface area contributed by atoms with Crippen molar-refractivity contribution in [3.05, 3.63) is 53.6 Å². The maximum atomic E-state index is 12.2. The summed E-state index contributed by atoms with van der Waals surface area (Å²) < 4.78 is 10.2. The molecule has 2 aromatic rings. The molecule has 1 aliphatic rings. The van der Waals surface area contributed by atoms with Gasteiger partial charge < -0.3 is 14.6 Å². The smallest absolute Gasteiger partial charge is 0.254 e. The molecule has 0 aliphatic carbocycles. The molecule has 0 saturated carbocycles. The van der Waals surface area contributed by atoms with Crippen LogP contribution in [0.4, 0.5) is 0 Å². The number of benzene rings is 2. The molecule has 1 saturated heterocycles. The molecule has 0 bridgehead atoms. The zero-order chi connectivity index (χ0) is 21.3. The number of rotatable bonds is 8. The number of hydrazone groups is 1. The molecule has 30 heavy (non-hydrogen) atoms. The normalized spacial score (nSPS) is 15.3. The van der Waals surface area contributed by atoms with E-state index in [-0.39, 0.29) is 23.2 Å². The summed E-state index contributed by atoms with van der Waals surface area (Å²) in [7, 11) is 2.91. The number of phenols is 1. The number of piperazine rings is 1. The van der Waals surface area contributed by atoms with E-state index < -0.39 is 0 Å². The van der Waals surface area contributed by atoms with Crippen molar-refractivity contribution in [2.45, 2.75) is 6.54 Å². The van der Waals surface area contributed by atoms with Crippen molar-refractivity contribution in [3.63, 3.8) is 0 Å². The van der Waals surface area contributed by atoms with Crippen LogP contribution in [0.15, 0.2) is 47.6 Å². The van der Waals surface area contributed by atoms with Gasteiger partial charge in [-0.15, -0.1) is 0 Å². The number of amides is 1. The Hall–Kier alpha value is -3.10. The zero-order valence-corrected chi connectivity index (χ0v) is 17.4. The zero-order valence-electron chi connectivity index (χ0n) is 17.4. The standard InChI is InChI=1S/C22H28N4O4/c1-29-19-12-18(13-20(30-2)22(19)28)14-23-24-21(27)16-26-10-8-25(9-11-26)15-17-6-4-3-5-7-17/h3-7,12-14,28H,8-11,15-16H2,1-2H3,(H,24,27)/b23-14+. The van der Waals surface area contributed by atoms with Gasteiger partial charge in [0.1, 0.15) is 0 Å². The van der Waals surface area contributed by atoms with Gasteiger partial charge in [0.15, 0.2) is 11.5 Å². The Kier molecular flexibility index (Phi) is 7.64. The maximum absolute atomic E-state index is 12.2. The number of ether oxygens (including phenoxy) is 2. The molecular formula is C22H28N4O4. The number of carbonyl (C=O) groups excluding carboxylic acids is 1. The minimum atomic E-state index is -0.166. The third kappa shape index (κ3) is 5.95. The second-order valence-electron chi connectivity index (χ2n) is 7.11. The number of nitrogens with zero attached hydrogens (tertiary/aromatic N) is 3. The van der Waals surface area contributed by atoms with Crippen LogP contribution in [0.25, 0.3) is 0 Å². The summed E-state index contributed by atoms with van der Waals surface area (Å²) in [6, 6.07) is 13.6. The summed E-state index contributed by atoms with van der Waals surface area (Å²) in [6.07, 6.45) is 1.49. The molecule has 8 nitrogen and oxygen atoms in total. The van der Waals surface area contributed by atoms with E-state index in [4.69, 9.17) is 9.47 Å². The van der Waals surface area contributed by atoms with Gasteiger partial charge >= 0.3 is 0 Å². The van der Waals surface area contributed by atoms with Crippen molar-refractivity contribution in [2.24, 2.45) is 5.10 Å². The second kappa shape index (κ2) is 10.6. The Morgan fingerprint density at radius 2 is 1.67 bits per heavy atom. The number of hydrogen-bond donors (Lipinski definition) is 2. The van der Waals surface area contributed by atoms with Gasteiger partial charge in [-0.05, 0) is 17.7 Å². The SMILES string of the molecule is COc1cc(/C=N/NC(=O)CN2CCN(Cc3ccccc3)CC2)cc(OC)c1O. The van der Waals surface area contributed by atoms with E-state index in [0.717, 1.165) is 32.7 Å². The molecule has 160 valence electrons. The molecule has 1 aliphatic heterocycles. The highest BCUT2D eigenvalue weighted by molar-refractivity contribution is 5.84. The predicted molar refractivity (Wildman–Crippen MR) is 115 cm³/mol. The third-order valence-electron chi connectivity index (χ3n) is 4.99. The lowest BCUT2D eigenvalue weighted by atomic mass is 10.2. The summed E-state index contributed by atoms with van der Waals surface area (Å²) in [5.41, 5.74) is 4.49. The van der Waals surface area contributed by atoms with Gasteiger partial charge in [0.05, 0.1) is 27.0 Å². The van der Waals surface area contributed by atoms with Crippen LogP contribution in [0.1, 0.15) is 11.1 Å². The van der Waals surface area contributed by atoms with Crippen LogP contribution in [0.5, 0.6) is 17.2 Å². The van der Waals surface area contributed by atoms with Crippen LogP contribution >= 0.6 is 0 Å². The molecule has 0 aromatic heterocycles. The van der Waals surface area contributed by atoms with Gasteiger partial charge in [-0.1, -0.05) is 30.3 Å². The highest BCUT2D eigenvalue weighted by Gasteiger charge is 2.18. The van der Waals surface area contributed by atoms with Gasteiger partial charge in [-0.2, -0.15) is 5.10 Å². The molecule has 1 amide bonds. The van der Waals surface area contributed by atoms with E-state index in [9.17, 15) is 9.90 Å². The van der Waals surface area contributed by atoms with Crippen LogP contribution < -0.4 is 14.9 Å². The molecule has 2 aromatic carbocycles. The fourth-order valence-electron chi connectivity index (χ4n) is 3.35. The van der Waals surface area contributed by atoms with Crippen LogP contribution in [0.3, 0.4) is 0 Å². The van der Waals surface area contributed by atoms with Gasteiger partial charge in [0.2, 0.25) is 5.75 Å². The van der Waals surface area contributed by atoms with E-state index in [2.05, 4.69) is 44.6 Å². The largest absolute Gasteiger partial charge is 0.502 e. The Bertz CT molecular complexity index is 840. The second-order valence-corrected chi connectivity index (χ2v) is 7.11. The van der Waals surface area contributed by atoms with E-state index in [1.807, 2.05) is 6.07 Å². The number of methoxy groups -OCH3 is 2. The highest BCUT2D eigenvalue weighted by Crippen LogP contribution is 2.36. The first-order valence-corrected chi connectivity index (χ1v) is 9.84. The van der Waals surface area contributed by atoms with Crippen LogP contribution in [0, 0.1) is 0 Å². The quantitative estimate of drug-likeness (QED) is 0.507. The third-order valence-corrected chi connectivity index (χ3v) is 4.99. The topological polar surface area (TPSA) is 86.6 Å². The summed E-state index contributed by atoms with van der Waals surface area (Å²) in [5, 5.41) is 13.9. The molecule has 1 fully saturated rings. The van der Waals surface area contributed by atoms with Crippen LogP contribution in [0.2, 0.25) is 0 Å². The average Bonchev–Trinajstić information content (AvgIpc) is 2.76. The van der Waals surface area contributed by atoms with E-state index >= 15 is 0 Å². The van der Waals surface area contributed by atoms with Crippen LogP contribution in [-0.2, 0) is 11.3 Å². The van der Waals surface area contributed by atoms with Crippen molar-refractivity contribution in [2.75, 3.05) is 46.9 Å². The molecule has 0 unspecified atom stereocenters. The van der Waals surface area contributed by atoms with Crippen molar-refractivity contribution in [1.29, 1.82) is 0 Å². The molecule has 1 heterocycles. The number of aromatic hydroxyl groups is 1. The van der Waals surface area contributed by atoms with Gasteiger partial charge in [-0.25, -0.2) is 5.43 Å². The summed E-state index contributed by atoms with van der Waals surface area (Å²) >= 11 is 0. The molecule has 2 N–H and O–H groups in total. The fraction of sp³-hybridized carbons (Fsp3) is 0.364. The molecule has 8 heteroatoms. The number of hydrogen-bond acceptors (Lipinski definition) is 7. The van der Waals surface area contributed by atoms with Gasteiger partial charge in [0, 0.05) is 38.3 Å².